The summed E-state index contributed by atoms with van der Waals surface area (Å²) in [5.41, 5.74) is 0.643. The van der Waals surface area contributed by atoms with Crippen molar-refractivity contribution < 1.29 is 9.53 Å². The molecule has 86 valence electrons. The molecule has 0 radical (unpaired) electrons. The standard InChI is InChI=1S/C13H12N2O2/c1-9-12(15-7-6-14-8-15)13(16)10-4-2-3-5-11(10)17-9/h2-9,12H,1H3/t9-,12-/m1/s1. The number of Topliss-reactive ketones (excluding diaryl/α,β-unsaturated/α-hetero) is 1. The van der Waals surface area contributed by atoms with Gasteiger partial charge in [0.05, 0.1) is 11.9 Å². The Morgan fingerprint density at radius 1 is 1.35 bits per heavy atom. The average Bonchev–Trinajstić information content (AvgIpc) is 2.83. The summed E-state index contributed by atoms with van der Waals surface area (Å²) < 4.78 is 7.56. The quantitative estimate of drug-likeness (QED) is 0.750. The highest BCUT2D eigenvalue weighted by atomic mass is 16.5. The van der Waals surface area contributed by atoms with Gasteiger partial charge in [-0.05, 0) is 19.1 Å². The van der Waals surface area contributed by atoms with Gasteiger partial charge < -0.3 is 9.30 Å². The van der Waals surface area contributed by atoms with E-state index in [1.807, 2.05) is 25.1 Å². The predicted octanol–water partition coefficient (Wildman–Crippen LogP) is 2.09. The summed E-state index contributed by atoms with van der Waals surface area (Å²) in [5, 5.41) is 0. The van der Waals surface area contributed by atoms with Gasteiger partial charge in [0.15, 0.2) is 5.78 Å². The first-order valence-electron chi connectivity index (χ1n) is 5.54. The third-order valence-corrected chi connectivity index (χ3v) is 3.02. The van der Waals surface area contributed by atoms with E-state index in [9.17, 15) is 4.79 Å². The minimum atomic E-state index is -0.326. The topological polar surface area (TPSA) is 44.1 Å². The molecule has 0 N–H and O–H groups in total. The van der Waals surface area contributed by atoms with Crippen LogP contribution < -0.4 is 4.74 Å². The molecule has 2 aromatic rings. The van der Waals surface area contributed by atoms with Gasteiger partial charge in [-0.3, -0.25) is 4.79 Å². The van der Waals surface area contributed by atoms with Gasteiger partial charge in [0.1, 0.15) is 17.9 Å². The van der Waals surface area contributed by atoms with Crippen molar-refractivity contribution in [3.8, 4) is 5.75 Å². The van der Waals surface area contributed by atoms with Crippen molar-refractivity contribution >= 4 is 5.78 Å². The number of para-hydroxylation sites is 1. The van der Waals surface area contributed by atoms with Gasteiger partial charge in [-0.1, -0.05) is 12.1 Å². The lowest BCUT2D eigenvalue weighted by molar-refractivity contribution is 0.0718. The van der Waals surface area contributed by atoms with Crippen molar-refractivity contribution in [2.45, 2.75) is 19.1 Å². The second-order valence-electron chi connectivity index (χ2n) is 4.14. The van der Waals surface area contributed by atoms with Crippen LogP contribution in [0.2, 0.25) is 0 Å². The number of benzene rings is 1. The molecule has 2 atom stereocenters. The maximum Gasteiger partial charge on any atom is 0.193 e. The fourth-order valence-corrected chi connectivity index (χ4v) is 2.22. The summed E-state index contributed by atoms with van der Waals surface area (Å²) in [5.74, 6) is 0.749. The lowest BCUT2D eigenvalue weighted by Crippen LogP contribution is -2.37. The number of ketones is 1. The minimum Gasteiger partial charge on any atom is -0.487 e. The van der Waals surface area contributed by atoms with Crippen molar-refractivity contribution in [2.75, 3.05) is 0 Å². The lowest BCUT2D eigenvalue weighted by atomic mass is 9.96. The molecule has 1 aliphatic heterocycles. The highest BCUT2D eigenvalue weighted by Crippen LogP contribution is 2.32. The van der Waals surface area contributed by atoms with Crippen LogP contribution in [0.25, 0.3) is 0 Å². The van der Waals surface area contributed by atoms with Gasteiger partial charge in [-0.25, -0.2) is 4.98 Å². The van der Waals surface area contributed by atoms with Crippen LogP contribution in [0.3, 0.4) is 0 Å². The monoisotopic (exact) mass is 228 g/mol. The Labute approximate surface area is 98.9 Å². The lowest BCUT2D eigenvalue weighted by Gasteiger charge is -2.30. The second kappa shape index (κ2) is 3.73. The van der Waals surface area contributed by atoms with E-state index in [0.717, 1.165) is 0 Å². The first-order chi connectivity index (χ1) is 8.27. The summed E-state index contributed by atoms with van der Waals surface area (Å²) in [4.78, 5) is 16.4. The predicted molar refractivity (Wildman–Crippen MR) is 62.1 cm³/mol. The smallest absolute Gasteiger partial charge is 0.193 e. The molecule has 0 saturated carbocycles. The number of imidazole rings is 1. The molecule has 0 amide bonds. The third-order valence-electron chi connectivity index (χ3n) is 3.02. The first kappa shape index (κ1) is 10.1. The van der Waals surface area contributed by atoms with Crippen molar-refractivity contribution in [1.29, 1.82) is 0 Å². The van der Waals surface area contributed by atoms with Crippen LogP contribution in [0.1, 0.15) is 23.3 Å². The normalized spacial score (nSPS) is 23.0. The molecule has 4 heteroatoms. The zero-order valence-electron chi connectivity index (χ0n) is 9.41. The van der Waals surface area contributed by atoms with Gasteiger partial charge in [0.2, 0.25) is 0 Å². The Hall–Kier alpha value is -2.10. The van der Waals surface area contributed by atoms with E-state index >= 15 is 0 Å². The van der Waals surface area contributed by atoms with Gasteiger partial charge in [0.25, 0.3) is 0 Å². The number of nitrogens with zero attached hydrogens (tertiary/aromatic N) is 2. The molecule has 0 aliphatic carbocycles. The fraction of sp³-hybridized carbons (Fsp3) is 0.231. The Balaban J connectivity index is 2.07. The number of aromatic nitrogens is 2. The molecule has 4 nitrogen and oxygen atoms in total. The zero-order chi connectivity index (χ0) is 11.8. The molecule has 17 heavy (non-hydrogen) atoms. The Kier molecular flexibility index (Phi) is 2.21. The molecule has 0 fully saturated rings. The van der Waals surface area contributed by atoms with Gasteiger partial charge >= 0.3 is 0 Å². The van der Waals surface area contributed by atoms with Crippen LogP contribution in [0.4, 0.5) is 0 Å². The molecule has 2 heterocycles. The molecule has 0 spiro atoms. The van der Waals surface area contributed by atoms with Crippen LogP contribution in [-0.2, 0) is 0 Å². The summed E-state index contributed by atoms with van der Waals surface area (Å²) >= 11 is 0. The van der Waals surface area contributed by atoms with Crippen LogP contribution >= 0.6 is 0 Å². The van der Waals surface area contributed by atoms with Crippen LogP contribution in [0.15, 0.2) is 43.0 Å². The van der Waals surface area contributed by atoms with E-state index in [-0.39, 0.29) is 17.9 Å². The zero-order valence-corrected chi connectivity index (χ0v) is 9.41. The first-order valence-corrected chi connectivity index (χ1v) is 5.54. The van der Waals surface area contributed by atoms with Crippen LogP contribution in [0, 0.1) is 0 Å². The molecular formula is C13H12N2O2. The Bertz CT molecular complexity index is 548. The maximum absolute atomic E-state index is 12.4. The average molecular weight is 228 g/mol. The van der Waals surface area contributed by atoms with Crippen molar-refractivity contribution in [1.82, 2.24) is 9.55 Å². The molecule has 0 bridgehead atoms. The number of rotatable bonds is 1. The Morgan fingerprint density at radius 3 is 2.94 bits per heavy atom. The third kappa shape index (κ3) is 1.53. The van der Waals surface area contributed by atoms with Crippen LogP contribution in [0.5, 0.6) is 5.75 Å². The largest absolute Gasteiger partial charge is 0.487 e. The van der Waals surface area contributed by atoms with E-state index in [0.29, 0.717) is 11.3 Å². The highest BCUT2D eigenvalue weighted by molar-refractivity contribution is 6.02. The van der Waals surface area contributed by atoms with Gasteiger partial charge in [-0.15, -0.1) is 0 Å². The number of hydrogen-bond donors (Lipinski definition) is 0. The SMILES string of the molecule is C[C@H]1Oc2ccccc2C(=O)[C@@H]1n1ccnc1. The highest BCUT2D eigenvalue weighted by Gasteiger charge is 2.35. The Morgan fingerprint density at radius 2 is 2.18 bits per heavy atom. The van der Waals surface area contributed by atoms with Crippen molar-refractivity contribution in [3.63, 3.8) is 0 Å². The molecule has 1 aromatic carbocycles. The van der Waals surface area contributed by atoms with Gasteiger partial charge in [-0.2, -0.15) is 0 Å². The summed E-state index contributed by atoms with van der Waals surface area (Å²) in [6.45, 7) is 1.90. The second-order valence-corrected chi connectivity index (χ2v) is 4.14. The van der Waals surface area contributed by atoms with E-state index in [1.165, 1.54) is 0 Å². The number of ether oxygens (including phenoxy) is 1. The molecule has 0 unspecified atom stereocenters. The number of carbonyl (C=O) groups excluding carboxylic acids is 1. The molecule has 3 rings (SSSR count). The molecule has 1 aromatic heterocycles. The molecule has 1 aliphatic rings. The number of fused-ring (bicyclic) bond motifs is 1. The molecule has 0 saturated heterocycles. The summed E-state index contributed by atoms with van der Waals surface area (Å²) in [7, 11) is 0. The van der Waals surface area contributed by atoms with Crippen molar-refractivity contribution in [2.24, 2.45) is 0 Å². The van der Waals surface area contributed by atoms with Gasteiger partial charge in [0, 0.05) is 12.4 Å². The van der Waals surface area contributed by atoms with E-state index in [4.69, 9.17) is 4.74 Å². The van der Waals surface area contributed by atoms with E-state index in [1.54, 1.807) is 29.4 Å². The maximum atomic E-state index is 12.4. The van der Waals surface area contributed by atoms with Crippen molar-refractivity contribution in [3.05, 3.63) is 48.5 Å². The summed E-state index contributed by atoms with van der Waals surface area (Å²) in [6.07, 6.45) is 4.92. The van der Waals surface area contributed by atoms with Crippen LogP contribution in [-0.4, -0.2) is 21.4 Å². The summed E-state index contributed by atoms with van der Waals surface area (Å²) in [6, 6.07) is 7.02. The number of carbonyl (C=O) groups is 1. The minimum absolute atomic E-state index is 0.0809. The number of hydrogen-bond acceptors (Lipinski definition) is 3. The fourth-order valence-electron chi connectivity index (χ4n) is 2.22. The van der Waals surface area contributed by atoms with E-state index in [2.05, 4.69) is 4.98 Å². The molecular weight excluding hydrogens is 216 g/mol. The van der Waals surface area contributed by atoms with E-state index < -0.39 is 0 Å².